The maximum atomic E-state index is 12.8. The van der Waals surface area contributed by atoms with Crippen LogP contribution in [0.2, 0.25) is 0 Å². The maximum Gasteiger partial charge on any atom is 0.319 e. The highest BCUT2D eigenvalue weighted by molar-refractivity contribution is 5.89. The summed E-state index contributed by atoms with van der Waals surface area (Å²) in [4.78, 5) is 11.3. The average Bonchev–Trinajstić information content (AvgIpc) is 2.23. The molecule has 17 heavy (non-hydrogen) atoms. The summed E-state index contributed by atoms with van der Waals surface area (Å²) in [5.74, 6) is -1.99. The van der Waals surface area contributed by atoms with Gasteiger partial charge in [0.25, 0.3) is 0 Å². The lowest BCUT2D eigenvalue weighted by Gasteiger charge is -2.08. The van der Waals surface area contributed by atoms with E-state index in [1.165, 1.54) is 6.07 Å². The largest absolute Gasteiger partial charge is 0.393 e. The molecule has 1 aromatic rings. The molecule has 0 aliphatic carbocycles. The molecule has 3 N–H and O–H groups in total. The van der Waals surface area contributed by atoms with Gasteiger partial charge in [-0.15, -0.1) is 0 Å². The fourth-order valence-electron chi connectivity index (χ4n) is 1.14. The number of aliphatic hydroxyl groups is 1. The molecule has 2 amide bonds. The molecular formula is C11H14F2N2O2. The molecule has 0 radical (unpaired) electrons. The van der Waals surface area contributed by atoms with E-state index in [1.807, 2.05) is 0 Å². The molecule has 1 rings (SSSR count). The Labute approximate surface area is 97.6 Å². The predicted octanol–water partition coefficient (Wildman–Crippen LogP) is 1.86. The minimum Gasteiger partial charge on any atom is -0.393 e. The van der Waals surface area contributed by atoms with E-state index in [4.69, 9.17) is 5.11 Å². The summed E-state index contributed by atoms with van der Waals surface area (Å²) < 4.78 is 25.4. The number of aliphatic hydroxyl groups excluding tert-OH is 1. The summed E-state index contributed by atoms with van der Waals surface area (Å²) in [7, 11) is 0. The zero-order chi connectivity index (χ0) is 12.8. The van der Waals surface area contributed by atoms with Gasteiger partial charge in [0.1, 0.15) is 0 Å². The van der Waals surface area contributed by atoms with E-state index in [1.54, 1.807) is 6.92 Å². The summed E-state index contributed by atoms with van der Waals surface area (Å²) in [5, 5.41) is 13.8. The van der Waals surface area contributed by atoms with Gasteiger partial charge in [-0.1, -0.05) is 0 Å². The molecule has 1 aromatic carbocycles. The Morgan fingerprint density at radius 1 is 1.41 bits per heavy atom. The van der Waals surface area contributed by atoms with Crippen LogP contribution in [0.5, 0.6) is 0 Å². The van der Waals surface area contributed by atoms with E-state index in [-0.39, 0.29) is 5.69 Å². The van der Waals surface area contributed by atoms with Gasteiger partial charge in [-0.2, -0.15) is 0 Å². The Morgan fingerprint density at radius 3 is 2.71 bits per heavy atom. The number of benzene rings is 1. The first-order valence-corrected chi connectivity index (χ1v) is 5.17. The van der Waals surface area contributed by atoms with Gasteiger partial charge in [0.2, 0.25) is 0 Å². The number of amides is 2. The second kappa shape index (κ2) is 6.15. The van der Waals surface area contributed by atoms with E-state index in [2.05, 4.69) is 10.6 Å². The fraction of sp³-hybridized carbons (Fsp3) is 0.364. The molecule has 6 heteroatoms. The molecule has 0 fully saturated rings. The van der Waals surface area contributed by atoms with Crippen molar-refractivity contribution in [1.29, 1.82) is 0 Å². The van der Waals surface area contributed by atoms with Crippen LogP contribution in [0.4, 0.5) is 19.3 Å². The van der Waals surface area contributed by atoms with Gasteiger partial charge >= 0.3 is 6.03 Å². The van der Waals surface area contributed by atoms with Crippen LogP contribution in [0.25, 0.3) is 0 Å². The molecule has 0 aromatic heterocycles. The van der Waals surface area contributed by atoms with E-state index in [9.17, 15) is 13.6 Å². The minimum absolute atomic E-state index is 0.165. The third-order valence-electron chi connectivity index (χ3n) is 2.03. The van der Waals surface area contributed by atoms with Gasteiger partial charge in [0, 0.05) is 18.3 Å². The number of urea groups is 1. The van der Waals surface area contributed by atoms with Crippen LogP contribution in [-0.4, -0.2) is 23.8 Å². The van der Waals surface area contributed by atoms with Gasteiger partial charge in [-0.05, 0) is 25.5 Å². The van der Waals surface area contributed by atoms with Crippen molar-refractivity contribution in [3.63, 3.8) is 0 Å². The quantitative estimate of drug-likeness (QED) is 0.757. The minimum atomic E-state index is -1.02. The molecule has 94 valence electrons. The number of carbonyl (C=O) groups excluding carboxylic acids is 1. The first-order chi connectivity index (χ1) is 7.99. The lowest BCUT2D eigenvalue weighted by molar-refractivity contribution is 0.184. The number of halogens is 2. The van der Waals surface area contributed by atoms with Gasteiger partial charge in [-0.25, -0.2) is 13.6 Å². The smallest absolute Gasteiger partial charge is 0.319 e. The SMILES string of the molecule is CC(O)CCNC(=O)Nc1ccc(F)c(F)c1. The molecule has 1 atom stereocenters. The molecule has 1 unspecified atom stereocenters. The number of hydrogen-bond donors (Lipinski definition) is 3. The van der Waals surface area contributed by atoms with Crippen molar-refractivity contribution in [3.05, 3.63) is 29.8 Å². The fourth-order valence-corrected chi connectivity index (χ4v) is 1.14. The van der Waals surface area contributed by atoms with Gasteiger partial charge < -0.3 is 15.7 Å². The monoisotopic (exact) mass is 244 g/mol. The van der Waals surface area contributed by atoms with E-state index in [0.717, 1.165) is 12.1 Å². The van der Waals surface area contributed by atoms with Crippen LogP contribution >= 0.6 is 0 Å². The molecule has 0 bridgehead atoms. The molecule has 0 saturated heterocycles. The first kappa shape index (κ1) is 13.4. The molecular weight excluding hydrogens is 230 g/mol. The normalized spacial score (nSPS) is 12.0. The van der Waals surface area contributed by atoms with Crippen molar-refractivity contribution in [1.82, 2.24) is 5.32 Å². The van der Waals surface area contributed by atoms with Gasteiger partial charge in [0.05, 0.1) is 6.10 Å². The lowest BCUT2D eigenvalue weighted by Crippen LogP contribution is -2.30. The third-order valence-corrected chi connectivity index (χ3v) is 2.03. The van der Waals surface area contributed by atoms with Crippen molar-refractivity contribution in [3.8, 4) is 0 Å². The molecule has 0 aliphatic rings. The Bertz CT molecular complexity index is 397. The zero-order valence-electron chi connectivity index (χ0n) is 9.34. The number of rotatable bonds is 4. The van der Waals surface area contributed by atoms with Crippen LogP contribution in [0.3, 0.4) is 0 Å². The molecule has 4 nitrogen and oxygen atoms in total. The molecule has 0 saturated carbocycles. The summed E-state index contributed by atoms with van der Waals surface area (Å²) in [5.41, 5.74) is 0.165. The standard InChI is InChI=1S/C11H14F2N2O2/c1-7(16)4-5-14-11(17)15-8-2-3-9(12)10(13)6-8/h2-3,6-7,16H,4-5H2,1H3,(H2,14,15,17). The van der Waals surface area contributed by atoms with E-state index >= 15 is 0 Å². The molecule has 0 aliphatic heterocycles. The molecule has 0 heterocycles. The van der Waals surface area contributed by atoms with Crippen molar-refractivity contribution in [2.75, 3.05) is 11.9 Å². The Kier molecular flexibility index (Phi) is 4.84. The lowest BCUT2D eigenvalue weighted by atomic mass is 10.3. The van der Waals surface area contributed by atoms with Crippen molar-refractivity contribution in [2.45, 2.75) is 19.4 Å². The van der Waals surface area contributed by atoms with Crippen molar-refractivity contribution >= 4 is 11.7 Å². The second-order valence-corrected chi connectivity index (χ2v) is 3.65. The van der Waals surface area contributed by atoms with E-state index < -0.39 is 23.8 Å². The maximum absolute atomic E-state index is 12.8. The van der Waals surface area contributed by atoms with E-state index in [0.29, 0.717) is 13.0 Å². The highest BCUT2D eigenvalue weighted by atomic mass is 19.2. The van der Waals surface area contributed by atoms with Crippen LogP contribution in [0.15, 0.2) is 18.2 Å². The summed E-state index contributed by atoms with van der Waals surface area (Å²) in [6.45, 7) is 1.90. The number of nitrogens with one attached hydrogen (secondary N) is 2. The third kappa shape index (κ3) is 4.78. The van der Waals surface area contributed by atoms with Gasteiger partial charge in [0.15, 0.2) is 11.6 Å². The summed E-state index contributed by atoms with van der Waals surface area (Å²) in [6.07, 6.45) is -0.0795. The highest BCUT2D eigenvalue weighted by Crippen LogP contribution is 2.12. The average molecular weight is 244 g/mol. The Balaban J connectivity index is 2.42. The first-order valence-electron chi connectivity index (χ1n) is 5.17. The number of carbonyl (C=O) groups is 1. The summed E-state index contributed by atoms with van der Waals surface area (Å²) in [6, 6.07) is 2.55. The van der Waals surface area contributed by atoms with Crippen molar-refractivity contribution in [2.24, 2.45) is 0 Å². The van der Waals surface area contributed by atoms with Crippen LogP contribution in [-0.2, 0) is 0 Å². The van der Waals surface area contributed by atoms with Crippen molar-refractivity contribution < 1.29 is 18.7 Å². The predicted molar refractivity (Wildman–Crippen MR) is 59.7 cm³/mol. The molecule has 0 spiro atoms. The summed E-state index contributed by atoms with van der Waals surface area (Å²) >= 11 is 0. The van der Waals surface area contributed by atoms with Crippen LogP contribution < -0.4 is 10.6 Å². The number of anilines is 1. The Morgan fingerprint density at radius 2 is 2.12 bits per heavy atom. The van der Waals surface area contributed by atoms with Gasteiger partial charge in [-0.3, -0.25) is 0 Å². The Hall–Kier alpha value is -1.69. The topological polar surface area (TPSA) is 61.4 Å². The second-order valence-electron chi connectivity index (χ2n) is 3.65. The zero-order valence-corrected chi connectivity index (χ0v) is 9.34. The number of hydrogen-bond acceptors (Lipinski definition) is 2. The van der Waals surface area contributed by atoms with Crippen LogP contribution in [0, 0.1) is 11.6 Å². The highest BCUT2D eigenvalue weighted by Gasteiger charge is 2.05. The van der Waals surface area contributed by atoms with Crippen LogP contribution in [0.1, 0.15) is 13.3 Å².